The zero-order valence-corrected chi connectivity index (χ0v) is 19.1. The van der Waals surface area contributed by atoms with Crippen LogP contribution in [-0.4, -0.2) is 100 Å². The maximum atomic E-state index is 13.0. The van der Waals surface area contributed by atoms with Crippen LogP contribution < -0.4 is 4.90 Å². The van der Waals surface area contributed by atoms with Crippen molar-refractivity contribution in [3.05, 3.63) is 41.5 Å². The highest BCUT2D eigenvalue weighted by molar-refractivity contribution is 5.95. The van der Waals surface area contributed by atoms with Crippen LogP contribution in [0.25, 0.3) is 0 Å². The van der Waals surface area contributed by atoms with Gasteiger partial charge in [-0.1, -0.05) is 0 Å². The molecule has 2 saturated heterocycles. The molecule has 2 aromatic rings. The molecule has 0 unspecified atom stereocenters. The Labute approximate surface area is 192 Å². The molecule has 3 heterocycles. The second-order valence-electron chi connectivity index (χ2n) is 8.74. The number of aromatic nitrogens is 3. The fourth-order valence-corrected chi connectivity index (χ4v) is 4.55. The molecule has 0 spiro atoms. The first kappa shape index (κ1) is 24.2. The van der Waals surface area contributed by atoms with E-state index in [2.05, 4.69) is 15.2 Å². The largest absolute Gasteiger partial charge is 0.483 e. The van der Waals surface area contributed by atoms with Crippen LogP contribution in [0.4, 0.5) is 5.69 Å². The predicted molar refractivity (Wildman–Crippen MR) is 120 cm³/mol. The standard InChI is InChI=1S/C21H28N6O3.CH2O2/c1-14-22-18(24-23-14)8-19(29)26-9-16-10-27(12-21(16,11-26)13-28)20(30)15-4-6-17(7-5-15)25(2)3;2-1-3/h4-7,16,28H,8-13H2,1-3H3,(H,22,23,24);1H,(H,2,3)/t16-,21+;/m0./s1. The molecule has 0 saturated carbocycles. The Hall–Kier alpha value is -3.47. The van der Waals surface area contributed by atoms with Crippen molar-refractivity contribution in [2.24, 2.45) is 11.3 Å². The number of carboxylic acid groups (broad SMARTS) is 1. The van der Waals surface area contributed by atoms with Crippen LogP contribution in [0.5, 0.6) is 0 Å². The number of carbonyl (C=O) groups excluding carboxylic acids is 2. The van der Waals surface area contributed by atoms with Gasteiger partial charge in [-0.2, -0.15) is 5.10 Å². The molecule has 3 N–H and O–H groups in total. The molecule has 4 rings (SSSR count). The Kier molecular flexibility index (Phi) is 7.32. The molecule has 178 valence electrons. The van der Waals surface area contributed by atoms with E-state index in [4.69, 9.17) is 9.90 Å². The average Bonchev–Trinajstić information content (AvgIpc) is 3.46. The van der Waals surface area contributed by atoms with Gasteiger partial charge < -0.3 is 24.9 Å². The predicted octanol–water partition coefficient (Wildman–Crippen LogP) is 0.0155. The third kappa shape index (κ3) is 5.14. The number of likely N-dealkylation sites (tertiary alicyclic amines) is 2. The topological polar surface area (TPSA) is 143 Å². The van der Waals surface area contributed by atoms with Gasteiger partial charge in [0.2, 0.25) is 5.91 Å². The van der Waals surface area contributed by atoms with Crippen molar-refractivity contribution in [1.29, 1.82) is 0 Å². The molecular weight excluding hydrogens is 428 g/mol. The maximum Gasteiger partial charge on any atom is 0.290 e. The van der Waals surface area contributed by atoms with E-state index in [0.29, 0.717) is 43.4 Å². The number of H-pyrrole nitrogens is 1. The first-order valence-corrected chi connectivity index (χ1v) is 10.6. The van der Waals surface area contributed by atoms with E-state index in [-0.39, 0.29) is 37.2 Å². The van der Waals surface area contributed by atoms with E-state index in [1.165, 1.54) is 0 Å². The lowest BCUT2D eigenvalue weighted by atomic mass is 9.82. The van der Waals surface area contributed by atoms with Crippen LogP contribution in [0.2, 0.25) is 0 Å². The van der Waals surface area contributed by atoms with Crippen LogP contribution in [0, 0.1) is 18.3 Å². The summed E-state index contributed by atoms with van der Waals surface area (Å²) in [5.41, 5.74) is 1.21. The van der Waals surface area contributed by atoms with Gasteiger partial charge in [0.15, 0.2) is 5.82 Å². The smallest absolute Gasteiger partial charge is 0.290 e. The molecule has 1 aromatic heterocycles. The lowest BCUT2D eigenvalue weighted by Gasteiger charge is -2.27. The second kappa shape index (κ2) is 9.99. The molecular formula is C22H30N6O5. The van der Waals surface area contributed by atoms with E-state index in [1.807, 2.05) is 48.2 Å². The van der Waals surface area contributed by atoms with Gasteiger partial charge in [-0.05, 0) is 31.2 Å². The summed E-state index contributed by atoms with van der Waals surface area (Å²) >= 11 is 0. The third-order valence-electron chi connectivity index (χ3n) is 6.30. The Morgan fingerprint density at radius 1 is 1.21 bits per heavy atom. The van der Waals surface area contributed by atoms with Crippen molar-refractivity contribution in [3.63, 3.8) is 0 Å². The minimum Gasteiger partial charge on any atom is -0.483 e. The highest BCUT2D eigenvalue weighted by Crippen LogP contribution is 2.42. The molecule has 0 bridgehead atoms. The Morgan fingerprint density at radius 3 is 2.33 bits per heavy atom. The Bertz CT molecular complexity index is 991. The number of hydrogen-bond donors (Lipinski definition) is 3. The molecule has 2 aliphatic rings. The van der Waals surface area contributed by atoms with Crippen LogP contribution in [0.3, 0.4) is 0 Å². The van der Waals surface area contributed by atoms with E-state index in [9.17, 15) is 14.7 Å². The number of rotatable bonds is 5. The minimum absolute atomic E-state index is 0.0309. The summed E-state index contributed by atoms with van der Waals surface area (Å²) in [5.74, 6) is 1.14. The van der Waals surface area contributed by atoms with Gasteiger partial charge in [0.1, 0.15) is 5.82 Å². The summed E-state index contributed by atoms with van der Waals surface area (Å²) in [6, 6.07) is 7.53. The maximum absolute atomic E-state index is 13.0. The summed E-state index contributed by atoms with van der Waals surface area (Å²) in [4.78, 5) is 43.8. The average molecular weight is 459 g/mol. The first-order valence-electron chi connectivity index (χ1n) is 10.6. The monoisotopic (exact) mass is 458 g/mol. The number of nitrogens with zero attached hydrogens (tertiary/aromatic N) is 5. The lowest BCUT2D eigenvalue weighted by molar-refractivity contribution is -0.130. The van der Waals surface area contributed by atoms with Crippen molar-refractivity contribution in [2.75, 3.05) is 51.8 Å². The highest BCUT2D eigenvalue weighted by Gasteiger charge is 2.54. The highest BCUT2D eigenvalue weighted by atomic mass is 16.3. The van der Waals surface area contributed by atoms with E-state index < -0.39 is 5.41 Å². The number of amides is 2. The van der Waals surface area contributed by atoms with Gasteiger partial charge >= 0.3 is 0 Å². The first-order chi connectivity index (χ1) is 15.7. The number of anilines is 1. The number of aliphatic hydroxyl groups excluding tert-OH is 1. The van der Waals surface area contributed by atoms with Crippen molar-refractivity contribution in [2.45, 2.75) is 13.3 Å². The van der Waals surface area contributed by atoms with Gasteiger partial charge in [0, 0.05) is 62.9 Å². The van der Waals surface area contributed by atoms with Crippen molar-refractivity contribution in [1.82, 2.24) is 25.0 Å². The number of hydrogen-bond acceptors (Lipinski definition) is 7. The Balaban J connectivity index is 0.000000968. The number of fused-ring (bicyclic) bond motifs is 1. The fourth-order valence-electron chi connectivity index (χ4n) is 4.55. The minimum atomic E-state index is -0.468. The molecule has 0 aliphatic carbocycles. The summed E-state index contributed by atoms with van der Waals surface area (Å²) in [5, 5.41) is 23.8. The van der Waals surface area contributed by atoms with Gasteiger partial charge in [-0.3, -0.25) is 19.5 Å². The molecule has 11 heteroatoms. The van der Waals surface area contributed by atoms with Crippen molar-refractivity contribution < 1.29 is 24.6 Å². The molecule has 2 amide bonds. The van der Waals surface area contributed by atoms with E-state index >= 15 is 0 Å². The lowest BCUT2D eigenvalue weighted by Crippen LogP contribution is -2.40. The molecule has 1 aromatic carbocycles. The number of nitrogens with one attached hydrogen (secondary N) is 1. The van der Waals surface area contributed by atoms with E-state index in [1.54, 1.807) is 11.8 Å². The molecule has 11 nitrogen and oxygen atoms in total. The fraction of sp³-hybridized carbons (Fsp3) is 0.500. The third-order valence-corrected chi connectivity index (χ3v) is 6.30. The number of carbonyl (C=O) groups is 3. The number of aromatic amines is 1. The zero-order valence-electron chi connectivity index (χ0n) is 19.1. The van der Waals surface area contributed by atoms with Gasteiger partial charge in [-0.15, -0.1) is 0 Å². The normalized spacial score (nSPS) is 21.3. The second-order valence-corrected chi connectivity index (χ2v) is 8.74. The SMILES string of the molecule is Cc1nc(CC(=O)N2C[C@H]3CN(C(=O)c4ccc(N(C)C)cc4)C[C@@]3(CO)C2)n[nH]1.O=CO. The summed E-state index contributed by atoms with van der Waals surface area (Å²) in [6.07, 6.45) is 0.138. The van der Waals surface area contributed by atoms with Gasteiger partial charge in [-0.25, -0.2) is 4.98 Å². The quantitative estimate of drug-likeness (QED) is 0.532. The van der Waals surface area contributed by atoms with Gasteiger partial charge in [0.05, 0.1) is 13.0 Å². The van der Waals surface area contributed by atoms with Crippen LogP contribution in [0.15, 0.2) is 24.3 Å². The molecule has 2 fully saturated rings. The Morgan fingerprint density at radius 2 is 1.82 bits per heavy atom. The van der Waals surface area contributed by atoms with Crippen molar-refractivity contribution in [3.8, 4) is 0 Å². The van der Waals surface area contributed by atoms with Crippen LogP contribution in [0.1, 0.15) is 22.0 Å². The molecule has 33 heavy (non-hydrogen) atoms. The summed E-state index contributed by atoms with van der Waals surface area (Å²) in [6.45, 7) is 3.46. The molecule has 2 atom stereocenters. The van der Waals surface area contributed by atoms with Gasteiger partial charge in [0.25, 0.3) is 12.4 Å². The molecule has 0 radical (unpaired) electrons. The number of aliphatic hydroxyl groups is 1. The summed E-state index contributed by atoms with van der Waals surface area (Å²) < 4.78 is 0. The zero-order chi connectivity index (χ0) is 24.2. The van der Waals surface area contributed by atoms with Crippen LogP contribution in [-0.2, 0) is 16.0 Å². The van der Waals surface area contributed by atoms with Crippen LogP contribution >= 0.6 is 0 Å². The summed E-state index contributed by atoms with van der Waals surface area (Å²) in [7, 11) is 3.92. The van der Waals surface area contributed by atoms with E-state index in [0.717, 1.165) is 5.69 Å². The number of benzene rings is 1. The number of aryl methyl sites for hydroxylation is 1. The molecule has 2 aliphatic heterocycles. The van der Waals surface area contributed by atoms with Crippen molar-refractivity contribution >= 4 is 24.0 Å².